The molecule has 2 N–H and O–H groups in total. The average molecular weight is 248 g/mol. The van der Waals surface area contributed by atoms with Crippen molar-refractivity contribution in [1.82, 2.24) is 4.98 Å². The molecule has 0 bridgehead atoms. The lowest BCUT2D eigenvalue weighted by atomic mass is 10.1. The molecule has 18 heavy (non-hydrogen) atoms. The summed E-state index contributed by atoms with van der Waals surface area (Å²) in [6.45, 7) is 6.12. The van der Waals surface area contributed by atoms with Gasteiger partial charge in [0.25, 0.3) is 0 Å². The second-order valence-corrected chi connectivity index (χ2v) is 4.01. The monoisotopic (exact) mass is 248 g/mol. The van der Waals surface area contributed by atoms with E-state index >= 15 is 0 Å². The summed E-state index contributed by atoms with van der Waals surface area (Å²) in [5.41, 5.74) is 1.53. The number of anilines is 2. The van der Waals surface area contributed by atoms with Crippen LogP contribution in [-0.2, 0) is 4.74 Å². The highest BCUT2D eigenvalue weighted by atomic mass is 16.5. The fraction of sp³-hybridized carbons (Fsp3) is 0.538. The van der Waals surface area contributed by atoms with Gasteiger partial charge in [0.1, 0.15) is 17.7 Å². The number of methoxy groups -OCH3 is 1. The Morgan fingerprint density at radius 3 is 2.78 bits per heavy atom. The Kier molecular flexibility index (Phi) is 5.95. The summed E-state index contributed by atoms with van der Waals surface area (Å²) >= 11 is 0. The molecule has 0 aliphatic rings. The fourth-order valence-electron chi connectivity index (χ4n) is 1.56. The minimum atomic E-state index is 0.612. The van der Waals surface area contributed by atoms with E-state index in [-0.39, 0.29) is 0 Å². The quantitative estimate of drug-likeness (QED) is 0.723. The number of nitrogens with zero attached hydrogens (tertiary/aromatic N) is 2. The zero-order chi connectivity index (χ0) is 13.4. The van der Waals surface area contributed by atoms with E-state index in [9.17, 15) is 0 Å². The largest absolute Gasteiger partial charge is 0.383 e. The molecule has 0 atom stereocenters. The van der Waals surface area contributed by atoms with Gasteiger partial charge in [0.2, 0.25) is 0 Å². The number of pyridine rings is 1. The zero-order valence-corrected chi connectivity index (χ0v) is 11.2. The number of hydrogen-bond acceptors (Lipinski definition) is 5. The molecular formula is C13H20N4O. The summed E-state index contributed by atoms with van der Waals surface area (Å²) in [6, 6.07) is 4.07. The van der Waals surface area contributed by atoms with Crippen LogP contribution in [0.4, 0.5) is 11.6 Å². The maximum Gasteiger partial charge on any atom is 0.146 e. The van der Waals surface area contributed by atoms with Gasteiger partial charge >= 0.3 is 0 Å². The first-order chi connectivity index (χ1) is 8.72. The Labute approximate surface area is 108 Å². The number of nitrogens with one attached hydrogen (secondary N) is 2. The normalized spacial score (nSPS) is 9.89. The zero-order valence-electron chi connectivity index (χ0n) is 11.2. The van der Waals surface area contributed by atoms with Crippen LogP contribution in [0.25, 0.3) is 0 Å². The van der Waals surface area contributed by atoms with Crippen molar-refractivity contribution in [1.29, 1.82) is 5.26 Å². The minimum absolute atomic E-state index is 0.612. The van der Waals surface area contributed by atoms with Crippen LogP contribution in [0.5, 0.6) is 0 Å². The lowest BCUT2D eigenvalue weighted by molar-refractivity contribution is 0.210. The molecule has 1 aromatic heterocycles. The SMILES string of the molecule is CCCNc1nc(NCCOC)cc(C)c1C#N. The third-order valence-corrected chi connectivity index (χ3v) is 2.48. The van der Waals surface area contributed by atoms with Crippen LogP contribution in [0.1, 0.15) is 24.5 Å². The molecule has 98 valence electrons. The highest BCUT2D eigenvalue weighted by Crippen LogP contribution is 2.20. The van der Waals surface area contributed by atoms with E-state index in [1.54, 1.807) is 7.11 Å². The smallest absolute Gasteiger partial charge is 0.146 e. The molecule has 0 aromatic carbocycles. The molecule has 0 saturated carbocycles. The van der Waals surface area contributed by atoms with Gasteiger partial charge in [-0.2, -0.15) is 5.26 Å². The van der Waals surface area contributed by atoms with Gasteiger partial charge in [-0.3, -0.25) is 0 Å². The molecule has 1 aromatic rings. The maximum atomic E-state index is 9.13. The molecule has 0 spiro atoms. The predicted octanol–water partition coefficient (Wildman–Crippen LogP) is 2.14. The van der Waals surface area contributed by atoms with Crippen molar-refractivity contribution in [2.24, 2.45) is 0 Å². The molecule has 0 saturated heterocycles. The van der Waals surface area contributed by atoms with Crippen LogP contribution < -0.4 is 10.6 Å². The highest BCUT2D eigenvalue weighted by molar-refractivity contribution is 5.60. The number of aromatic nitrogens is 1. The van der Waals surface area contributed by atoms with Gasteiger partial charge < -0.3 is 15.4 Å². The van der Waals surface area contributed by atoms with Crippen LogP contribution in [-0.4, -0.2) is 31.8 Å². The van der Waals surface area contributed by atoms with Gasteiger partial charge in [-0.1, -0.05) is 6.92 Å². The summed E-state index contributed by atoms with van der Waals surface area (Å²) in [5.74, 6) is 1.42. The topological polar surface area (TPSA) is 70.0 Å². The van der Waals surface area contributed by atoms with Gasteiger partial charge in [0.15, 0.2) is 0 Å². The lowest BCUT2D eigenvalue weighted by Crippen LogP contribution is -2.12. The maximum absolute atomic E-state index is 9.13. The van der Waals surface area contributed by atoms with Crippen LogP contribution in [0, 0.1) is 18.3 Å². The van der Waals surface area contributed by atoms with Crippen molar-refractivity contribution in [3.63, 3.8) is 0 Å². The Morgan fingerprint density at radius 1 is 1.39 bits per heavy atom. The highest BCUT2D eigenvalue weighted by Gasteiger charge is 2.09. The molecule has 0 fully saturated rings. The predicted molar refractivity (Wildman–Crippen MR) is 72.8 cm³/mol. The van der Waals surface area contributed by atoms with Crippen molar-refractivity contribution >= 4 is 11.6 Å². The standard InChI is InChI=1S/C13H20N4O/c1-4-5-16-13-11(9-14)10(2)8-12(17-13)15-6-7-18-3/h8H,4-7H2,1-3H3,(H2,15,16,17). The van der Waals surface area contributed by atoms with Crippen molar-refractivity contribution in [2.45, 2.75) is 20.3 Å². The van der Waals surface area contributed by atoms with Gasteiger partial charge in [-0.15, -0.1) is 0 Å². The number of aryl methyl sites for hydroxylation is 1. The Hall–Kier alpha value is -1.80. The second-order valence-electron chi connectivity index (χ2n) is 4.01. The van der Waals surface area contributed by atoms with Gasteiger partial charge in [0, 0.05) is 20.2 Å². The van der Waals surface area contributed by atoms with Crippen LogP contribution in [0.2, 0.25) is 0 Å². The van der Waals surface area contributed by atoms with E-state index < -0.39 is 0 Å². The van der Waals surface area contributed by atoms with Gasteiger partial charge in [-0.05, 0) is 25.0 Å². The third-order valence-electron chi connectivity index (χ3n) is 2.48. The Balaban J connectivity index is 2.88. The minimum Gasteiger partial charge on any atom is -0.383 e. The molecular weight excluding hydrogens is 228 g/mol. The number of rotatable bonds is 7. The first-order valence-corrected chi connectivity index (χ1v) is 6.11. The molecule has 1 heterocycles. The van der Waals surface area contributed by atoms with E-state index in [4.69, 9.17) is 10.00 Å². The van der Waals surface area contributed by atoms with Gasteiger partial charge in [-0.25, -0.2) is 4.98 Å². The van der Waals surface area contributed by atoms with Gasteiger partial charge in [0.05, 0.1) is 12.2 Å². The van der Waals surface area contributed by atoms with E-state index in [1.165, 1.54) is 0 Å². The molecule has 1 rings (SSSR count). The Bertz CT molecular complexity index is 426. The first-order valence-electron chi connectivity index (χ1n) is 6.11. The van der Waals surface area contributed by atoms with Crippen molar-refractivity contribution in [2.75, 3.05) is 37.4 Å². The van der Waals surface area contributed by atoms with Crippen molar-refractivity contribution < 1.29 is 4.74 Å². The summed E-state index contributed by atoms with van der Waals surface area (Å²) in [6.07, 6.45) is 0.993. The molecule has 0 aliphatic heterocycles. The summed E-state index contributed by atoms with van der Waals surface area (Å²) in [7, 11) is 1.66. The molecule has 0 radical (unpaired) electrons. The lowest BCUT2D eigenvalue weighted by Gasteiger charge is -2.12. The Morgan fingerprint density at radius 2 is 2.17 bits per heavy atom. The number of ether oxygens (including phenoxy) is 1. The van der Waals surface area contributed by atoms with Crippen LogP contribution in [0.15, 0.2) is 6.07 Å². The molecule has 0 aliphatic carbocycles. The average Bonchev–Trinajstić information content (AvgIpc) is 2.36. The number of hydrogen-bond donors (Lipinski definition) is 2. The summed E-state index contributed by atoms with van der Waals surface area (Å²) in [4.78, 5) is 4.41. The van der Waals surface area contributed by atoms with E-state index in [0.29, 0.717) is 24.5 Å². The van der Waals surface area contributed by atoms with Crippen LogP contribution in [0.3, 0.4) is 0 Å². The number of nitriles is 1. The van der Waals surface area contributed by atoms with E-state index in [0.717, 1.165) is 24.3 Å². The van der Waals surface area contributed by atoms with Crippen molar-refractivity contribution in [3.8, 4) is 6.07 Å². The fourth-order valence-corrected chi connectivity index (χ4v) is 1.56. The second kappa shape index (κ2) is 7.51. The third kappa shape index (κ3) is 3.90. The molecule has 0 amide bonds. The summed E-state index contributed by atoms with van der Waals surface area (Å²) < 4.78 is 4.98. The first kappa shape index (κ1) is 14.3. The van der Waals surface area contributed by atoms with Crippen molar-refractivity contribution in [3.05, 3.63) is 17.2 Å². The van der Waals surface area contributed by atoms with E-state index in [2.05, 4.69) is 28.6 Å². The molecule has 5 nitrogen and oxygen atoms in total. The van der Waals surface area contributed by atoms with E-state index in [1.807, 2.05) is 13.0 Å². The summed E-state index contributed by atoms with van der Waals surface area (Å²) in [5, 5.41) is 15.5. The van der Waals surface area contributed by atoms with Crippen LogP contribution >= 0.6 is 0 Å². The molecule has 0 unspecified atom stereocenters. The molecule has 5 heteroatoms.